The van der Waals surface area contributed by atoms with Crippen LogP contribution in [0.5, 0.6) is 0 Å². The number of hydrogen-bond donors (Lipinski definition) is 1. The van der Waals surface area contributed by atoms with E-state index in [0.29, 0.717) is 18.3 Å². The molecule has 0 saturated heterocycles. The minimum atomic E-state index is 0.128. The summed E-state index contributed by atoms with van der Waals surface area (Å²) < 4.78 is 0. The van der Waals surface area contributed by atoms with Gasteiger partial charge in [0.1, 0.15) is 23.7 Å². The zero-order valence-electron chi connectivity index (χ0n) is 12.1. The van der Waals surface area contributed by atoms with Gasteiger partial charge in [0.05, 0.1) is 17.5 Å². The molecule has 0 amide bonds. The molecule has 2 aromatic rings. The molecule has 0 atom stereocenters. The third-order valence-electron chi connectivity index (χ3n) is 2.93. The van der Waals surface area contributed by atoms with E-state index in [1.165, 1.54) is 4.88 Å². The van der Waals surface area contributed by atoms with Crippen molar-refractivity contribution in [3.05, 3.63) is 10.9 Å². The van der Waals surface area contributed by atoms with Crippen LogP contribution in [0, 0.1) is 22.7 Å². The second kappa shape index (κ2) is 6.87. The van der Waals surface area contributed by atoms with Gasteiger partial charge >= 0.3 is 0 Å². The summed E-state index contributed by atoms with van der Waals surface area (Å²) in [5.74, 6) is 1.18. The Labute approximate surface area is 127 Å². The SMILES string of the molecule is CCNc1nc(N(CC#N)CC#N)c2cc(CC)sc2n1. The summed E-state index contributed by atoms with van der Waals surface area (Å²) in [5.41, 5.74) is 0. The van der Waals surface area contributed by atoms with Crippen molar-refractivity contribution in [2.45, 2.75) is 20.3 Å². The summed E-state index contributed by atoms with van der Waals surface area (Å²) in [6, 6.07) is 6.22. The molecule has 0 unspecified atom stereocenters. The van der Waals surface area contributed by atoms with Crippen LogP contribution < -0.4 is 10.2 Å². The van der Waals surface area contributed by atoms with Crippen LogP contribution in [0.1, 0.15) is 18.7 Å². The first-order chi connectivity index (χ1) is 10.2. The van der Waals surface area contributed by atoms with Crippen LogP contribution in [0.15, 0.2) is 6.07 Å². The van der Waals surface area contributed by atoms with Crippen molar-refractivity contribution in [3.63, 3.8) is 0 Å². The smallest absolute Gasteiger partial charge is 0.226 e. The van der Waals surface area contributed by atoms with Crippen molar-refractivity contribution in [1.82, 2.24) is 9.97 Å². The lowest BCUT2D eigenvalue weighted by molar-refractivity contribution is 0.936. The van der Waals surface area contributed by atoms with Gasteiger partial charge in [-0.05, 0) is 19.4 Å². The van der Waals surface area contributed by atoms with Crippen LogP contribution in [-0.4, -0.2) is 29.6 Å². The summed E-state index contributed by atoms with van der Waals surface area (Å²) in [6.07, 6.45) is 0.924. The molecule has 21 heavy (non-hydrogen) atoms. The summed E-state index contributed by atoms with van der Waals surface area (Å²) in [6.45, 7) is 5.03. The molecule has 0 aliphatic rings. The molecular formula is C14H16N6S. The van der Waals surface area contributed by atoms with E-state index in [1.54, 1.807) is 16.2 Å². The molecule has 0 spiro atoms. The standard InChI is InChI=1S/C14H16N6S/c1-3-10-9-11-12(20(7-5-15)8-6-16)18-14(17-4-2)19-13(11)21-10/h9H,3-4,7-8H2,1-2H3,(H,17,18,19). The van der Waals surface area contributed by atoms with Crippen molar-refractivity contribution in [1.29, 1.82) is 10.5 Å². The number of rotatable bonds is 6. The molecule has 0 saturated carbocycles. The first-order valence-electron chi connectivity index (χ1n) is 6.76. The molecule has 2 rings (SSSR count). The zero-order valence-corrected chi connectivity index (χ0v) is 12.9. The first kappa shape index (κ1) is 15.0. The highest BCUT2D eigenvalue weighted by molar-refractivity contribution is 7.18. The van der Waals surface area contributed by atoms with Crippen LogP contribution >= 0.6 is 11.3 Å². The number of anilines is 2. The predicted octanol–water partition coefficient (Wildman–Crippen LogP) is 2.54. The minimum absolute atomic E-state index is 0.128. The van der Waals surface area contributed by atoms with E-state index < -0.39 is 0 Å². The topological polar surface area (TPSA) is 88.6 Å². The van der Waals surface area contributed by atoms with Gasteiger partial charge in [-0.2, -0.15) is 15.5 Å². The number of hydrogen-bond acceptors (Lipinski definition) is 7. The quantitative estimate of drug-likeness (QED) is 0.825. The Hall–Kier alpha value is -2.38. The highest BCUT2D eigenvalue weighted by Crippen LogP contribution is 2.32. The van der Waals surface area contributed by atoms with Crippen LogP contribution in [0.2, 0.25) is 0 Å². The average molecular weight is 300 g/mol. The predicted molar refractivity (Wildman–Crippen MR) is 84.4 cm³/mol. The number of aromatic nitrogens is 2. The van der Waals surface area contributed by atoms with Crippen molar-refractivity contribution >= 4 is 33.3 Å². The maximum absolute atomic E-state index is 8.96. The molecule has 0 aliphatic heterocycles. The maximum Gasteiger partial charge on any atom is 0.226 e. The summed E-state index contributed by atoms with van der Waals surface area (Å²) in [5, 5.41) is 21.9. The van der Waals surface area contributed by atoms with Gasteiger partial charge in [0.25, 0.3) is 0 Å². The Morgan fingerprint density at radius 1 is 1.24 bits per heavy atom. The molecule has 0 fully saturated rings. The number of fused-ring (bicyclic) bond motifs is 1. The Morgan fingerprint density at radius 3 is 2.52 bits per heavy atom. The van der Waals surface area contributed by atoms with Crippen LogP contribution in [0.3, 0.4) is 0 Å². The Kier molecular flexibility index (Phi) is 4.91. The van der Waals surface area contributed by atoms with Gasteiger partial charge in [-0.1, -0.05) is 6.92 Å². The van der Waals surface area contributed by atoms with Gasteiger partial charge in [-0.3, -0.25) is 0 Å². The van der Waals surface area contributed by atoms with Gasteiger partial charge in [0.2, 0.25) is 5.95 Å². The molecule has 0 aliphatic carbocycles. The average Bonchev–Trinajstić information content (AvgIpc) is 2.89. The van der Waals surface area contributed by atoms with Crippen molar-refractivity contribution < 1.29 is 0 Å². The largest absolute Gasteiger partial charge is 0.354 e. The van der Waals surface area contributed by atoms with Crippen molar-refractivity contribution in [2.24, 2.45) is 0 Å². The third-order valence-corrected chi connectivity index (χ3v) is 4.10. The molecule has 0 aromatic carbocycles. The monoisotopic (exact) mass is 300 g/mol. The lowest BCUT2D eigenvalue weighted by Crippen LogP contribution is -2.25. The minimum Gasteiger partial charge on any atom is -0.354 e. The molecule has 7 heteroatoms. The summed E-state index contributed by atoms with van der Waals surface area (Å²) in [4.78, 5) is 12.8. The van der Waals surface area contributed by atoms with Gasteiger partial charge in [-0.15, -0.1) is 11.3 Å². The normalized spacial score (nSPS) is 10.1. The molecular weight excluding hydrogens is 284 g/mol. The van der Waals surface area contributed by atoms with Gasteiger partial charge in [0.15, 0.2) is 0 Å². The molecule has 0 bridgehead atoms. The lowest BCUT2D eigenvalue weighted by Gasteiger charge is -2.18. The number of aryl methyl sites for hydroxylation is 1. The fraction of sp³-hybridized carbons (Fsp3) is 0.429. The zero-order chi connectivity index (χ0) is 15.2. The van der Waals surface area contributed by atoms with E-state index in [1.807, 2.05) is 13.0 Å². The van der Waals surface area contributed by atoms with Crippen molar-refractivity contribution in [3.8, 4) is 12.1 Å². The summed E-state index contributed by atoms with van der Waals surface area (Å²) >= 11 is 1.62. The highest BCUT2D eigenvalue weighted by atomic mass is 32.1. The van der Waals surface area contributed by atoms with Crippen LogP contribution in [-0.2, 0) is 6.42 Å². The van der Waals surface area contributed by atoms with Gasteiger partial charge < -0.3 is 10.2 Å². The van der Waals surface area contributed by atoms with E-state index in [2.05, 4.69) is 34.3 Å². The molecule has 108 valence electrons. The van der Waals surface area contributed by atoms with Gasteiger partial charge in [-0.25, -0.2) is 4.98 Å². The van der Waals surface area contributed by atoms with E-state index in [9.17, 15) is 0 Å². The summed E-state index contributed by atoms with van der Waals surface area (Å²) in [7, 11) is 0. The number of nitrogens with one attached hydrogen (secondary N) is 1. The Balaban J connectivity index is 2.59. The fourth-order valence-electron chi connectivity index (χ4n) is 1.99. The molecule has 0 radical (unpaired) electrons. The number of nitriles is 2. The molecule has 2 heterocycles. The van der Waals surface area contributed by atoms with E-state index in [0.717, 1.165) is 16.6 Å². The Morgan fingerprint density at radius 2 is 1.95 bits per heavy atom. The molecule has 2 aromatic heterocycles. The molecule has 6 nitrogen and oxygen atoms in total. The van der Waals surface area contributed by atoms with Crippen molar-refractivity contribution in [2.75, 3.05) is 29.9 Å². The Bertz CT molecular complexity index is 693. The fourth-order valence-corrected chi connectivity index (χ4v) is 2.95. The van der Waals surface area contributed by atoms with Crippen LogP contribution in [0.4, 0.5) is 11.8 Å². The van der Waals surface area contributed by atoms with Crippen LogP contribution in [0.25, 0.3) is 10.2 Å². The van der Waals surface area contributed by atoms with E-state index in [-0.39, 0.29) is 13.1 Å². The van der Waals surface area contributed by atoms with Gasteiger partial charge in [0, 0.05) is 11.4 Å². The first-order valence-corrected chi connectivity index (χ1v) is 7.58. The second-order valence-corrected chi connectivity index (χ2v) is 5.47. The second-order valence-electron chi connectivity index (χ2n) is 4.36. The lowest BCUT2D eigenvalue weighted by atomic mass is 10.3. The van der Waals surface area contributed by atoms with E-state index >= 15 is 0 Å². The third kappa shape index (κ3) is 3.21. The molecule has 1 N–H and O–H groups in total. The highest BCUT2D eigenvalue weighted by Gasteiger charge is 2.16. The number of nitrogens with zero attached hydrogens (tertiary/aromatic N) is 5. The number of thiophene rings is 1. The van der Waals surface area contributed by atoms with E-state index in [4.69, 9.17) is 10.5 Å². The maximum atomic E-state index is 8.96.